The minimum Gasteiger partial charge on any atom is -0.544 e. The zero-order valence-corrected chi connectivity index (χ0v) is 35.2. The fourth-order valence-corrected chi connectivity index (χ4v) is 6.46. The van der Waals surface area contributed by atoms with Crippen LogP contribution in [-0.2, 0) is 28.6 Å². The van der Waals surface area contributed by atoms with Gasteiger partial charge in [-0.3, -0.25) is 9.59 Å². The van der Waals surface area contributed by atoms with Gasteiger partial charge in [-0.25, -0.2) is 0 Å². The van der Waals surface area contributed by atoms with E-state index in [0.29, 0.717) is 12.8 Å². The van der Waals surface area contributed by atoms with Crippen LogP contribution in [0.5, 0.6) is 0 Å². The topological polar surface area (TPSA) is 102 Å². The molecule has 0 aliphatic carbocycles. The van der Waals surface area contributed by atoms with E-state index in [0.717, 1.165) is 57.8 Å². The third-order valence-corrected chi connectivity index (χ3v) is 9.85. The van der Waals surface area contributed by atoms with Crippen LogP contribution in [0, 0.1) is 0 Å². The second-order valence-corrected chi connectivity index (χ2v) is 15.9. The molecule has 0 amide bonds. The number of quaternary nitrogens is 1. The number of carboxylic acids is 1. The van der Waals surface area contributed by atoms with Crippen LogP contribution in [0.1, 0.15) is 194 Å². The number of esters is 2. The third-order valence-electron chi connectivity index (χ3n) is 9.85. The van der Waals surface area contributed by atoms with Gasteiger partial charge >= 0.3 is 11.9 Å². The average molecular weight is 750 g/mol. The van der Waals surface area contributed by atoms with Crippen molar-refractivity contribution in [2.45, 2.75) is 206 Å². The van der Waals surface area contributed by atoms with Crippen LogP contribution in [0.3, 0.4) is 0 Å². The van der Waals surface area contributed by atoms with Crippen molar-refractivity contribution >= 4 is 17.9 Å². The number of rotatable bonds is 39. The fraction of sp³-hybridized carbons (Fsp3) is 0.844. The maximum atomic E-state index is 12.7. The average Bonchev–Trinajstić information content (AvgIpc) is 3.11. The number of nitrogens with zero attached hydrogens (tertiary/aromatic N) is 1. The van der Waals surface area contributed by atoms with Crippen LogP contribution in [0.4, 0.5) is 0 Å². The normalized spacial score (nSPS) is 13.2. The molecule has 310 valence electrons. The molecule has 0 rings (SSSR count). The van der Waals surface area contributed by atoms with Crippen LogP contribution in [0.25, 0.3) is 0 Å². The Bertz CT molecular complexity index is 926. The Balaban J connectivity index is 4.33. The van der Waals surface area contributed by atoms with Gasteiger partial charge in [-0.05, 0) is 38.5 Å². The summed E-state index contributed by atoms with van der Waals surface area (Å²) in [6, 6.07) is -0.723. The second-order valence-electron chi connectivity index (χ2n) is 15.9. The zero-order valence-electron chi connectivity index (χ0n) is 35.2. The summed E-state index contributed by atoms with van der Waals surface area (Å²) in [6.45, 7) is 4.56. The Morgan fingerprint density at radius 3 is 1.55 bits per heavy atom. The molecule has 2 unspecified atom stereocenters. The first-order chi connectivity index (χ1) is 25.6. The van der Waals surface area contributed by atoms with Crippen molar-refractivity contribution in [3.05, 3.63) is 24.3 Å². The van der Waals surface area contributed by atoms with E-state index in [-0.39, 0.29) is 42.7 Å². The molecule has 0 aromatic heterocycles. The molecule has 0 aliphatic rings. The van der Waals surface area contributed by atoms with E-state index in [9.17, 15) is 19.5 Å². The Hall–Kier alpha value is -2.19. The Morgan fingerprint density at radius 2 is 1.06 bits per heavy atom. The first kappa shape index (κ1) is 50.8. The van der Waals surface area contributed by atoms with Gasteiger partial charge in [0.2, 0.25) is 0 Å². The molecule has 0 radical (unpaired) electrons. The van der Waals surface area contributed by atoms with E-state index in [1.54, 1.807) is 21.1 Å². The molecule has 8 nitrogen and oxygen atoms in total. The molecule has 0 N–H and O–H groups in total. The Labute approximate surface area is 326 Å². The summed E-state index contributed by atoms with van der Waals surface area (Å²) in [5.74, 6) is -1.74. The first-order valence-electron chi connectivity index (χ1n) is 21.9. The van der Waals surface area contributed by atoms with Crippen LogP contribution >= 0.6 is 0 Å². The van der Waals surface area contributed by atoms with Gasteiger partial charge in [0.05, 0.1) is 40.3 Å². The highest BCUT2D eigenvalue weighted by Gasteiger charge is 2.25. The van der Waals surface area contributed by atoms with Crippen molar-refractivity contribution < 1.29 is 38.2 Å². The lowest BCUT2D eigenvalue weighted by atomic mass is 10.0. The van der Waals surface area contributed by atoms with Crippen LogP contribution in [0.2, 0.25) is 0 Å². The molecule has 8 heteroatoms. The largest absolute Gasteiger partial charge is 0.544 e. The predicted molar refractivity (Wildman–Crippen MR) is 217 cm³/mol. The first-order valence-corrected chi connectivity index (χ1v) is 21.9. The van der Waals surface area contributed by atoms with Gasteiger partial charge in [0.25, 0.3) is 0 Å². The van der Waals surface area contributed by atoms with Gasteiger partial charge in [0.15, 0.2) is 6.10 Å². The monoisotopic (exact) mass is 750 g/mol. The van der Waals surface area contributed by atoms with Crippen molar-refractivity contribution in [2.75, 3.05) is 41.0 Å². The van der Waals surface area contributed by atoms with Gasteiger partial charge < -0.3 is 28.6 Å². The van der Waals surface area contributed by atoms with Gasteiger partial charge in [-0.2, -0.15) is 0 Å². The third kappa shape index (κ3) is 35.3. The van der Waals surface area contributed by atoms with Crippen LogP contribution in [0.15, 0.2) is 24.3 Å². The number of likely N-dealkylation sites (N-methyl/N-ethyl adjacent to an activating group) is 1. The highest BCUT2D eigenvalue weighted by Crippen LogP contribution is 2.15. The maximum Gasteiger partial charge on any atom is 0.306 e. The van der Waals surface area contributed by atoms with Gasteiger partial charge in [-0.15, -0.1) is 0 Å². The highest BCUT2D eigenvalue weighted by atomic mass is 16.6. The summed E-state index contributed by atoms with van der Waals surface area (Å²) in [7, 11) is 5.41. The minimum atomic E-state index is -1.12. The van der Waals surface area contributed by atoms with Crippen molar-refractivity contribution in [1.29, 1.82) is 0 Å². The lowest BCUT2D eigenvalue weighted by molar-refractivity contribution is -0.889. The standard InChI is InChI=1S/C45H83NO7/c1-6-8-10-12-14-16-18-20-22-24-26-28-30-32-34-36-44(48)53-41(39-51-38-37-42(45(49)50)46(3,4)5)40-52-43(47)35-33-31-29-27-25-23-21-19-17-15-13-11-9-7-2/h9,11,15,17,41-42H,6-8,10,12-14,16,18-40H2,1-5H3/b11-9+,17-15+. The lowest BCUT2D eigenvalue weighted by Gasteiger charge is -2.34. The number of aliphatic carboxylic acids is 1. The number of hydrogen-bond donors (Lipinski definition) is 0. The number of carbonyl (C=O) groups is 3. The quantitative estimate of drug-likeness (QED) is 0.0267. The smallest absolute Gasteiger partial charge is 0.306 e. The van der Waals surface area contributed by atoms with Crippen molar-refractivity contribution in [3.8, 4) is 0 Å². The summed E-state index contributed by atoms with van der Waals surface area (Å²) in [6.07, 6.45) is 39.1. The zero-order chi connectivity index (χ0) is 39.3. The van der Waals surface area contributed by atoms with Crippen molar-refractivity contribution in [3.63, 3.8) is 0 Å². The molecule has 0 spiro atoms. The molecule has 0 heterocycles. The van der Waals surface area contributed by atoms with Crippen LogP contribution in [-0.4, -0.2) is 75.5 Å². The number of allylic oxidation sites excluding steroid dienone is 4. The number of carboxylic acid groups (broad SMARTS) is 1. The predicted octanol–water partition coefficient (Wildman–Crippen LogP) is 10.4. The minimum absolute atomic E-state index is 0.0421. The molecule has 0 fully saturated rings. The SMILES string of the molecule is CC/C=C/C/C=C/CCCCCCCCCC(=O)OCC(COCCC(C(=O)[O-])[N+](C)(C)C)OC(=O)CCCCCCCCCCCCCCCCC. The van der Waals surface area contributed by atoms with Crippen molar-refractivity contribution in [2.24, 2.45) is 0 Å². The van der Waals surface area contributed by atoms with Gasteiger partial charge in [0.1, 0.15) is 12.6 Å². The van der Waals surface area contributed by atoms with E-state index in [1.807, 2.05) is 0 Å². The summed E-state index contributed by atoms with van der Waals surface area (Å²) < 4.78 is 17.2. The van der Waals surface area contributed by atoms with E-state index >= 15 is 0 Å². The molecule has 0 aromatic carbocycles. The molecule has 53 heavy (non-hydrogen) atoms. The number of carbonyl (C=O) groups excluding carboxylic acids is 3. The maximum absolute atomic E-state index is 12.7. The summed E-state index contributed by atoms with van der Waals surface area (Å²) >= 11 is 0. The fourth-order valence-electron chi connectivity index (χ4n) is 6.46. The molecule has 0 saturated carbocycles. The lowest BCUT2D eigenvalue weighted by Crippen LogP contribution is -2.55. The molecule has 0 aromatic rings. The van der Waals surface area contributed by atoms with Crippen LogP contribution < -0.4 is 5.11 Å². The highest BCUT2D eigenvalue weighted by molar-refractivity contribution is 5.70. The number of ether oxygens (including phenoxy) is 3. The molecular formula is C45H83NO7. The van der Waals surface area contributed by atoms with Gasteiger partial charge in [-0.1, -0.05) is 160 Å². The molecule has 2 atom stereocenters. The summed E-state index contributed by atoms with van der Waals surface area (Å²) in [4.78, 5) is 36.8. The van der Waals surface area contributed by atoms with Gasteiger partial charge in [0, 0.05) is 19.3 Å². The number of unbranched alkanes of at least 4 members (excludes halogenated alkanes) is 21. The Morgan fingerprint density at radius 1 is 0.585 bits per heavy atom. The second kappa shape index (κ2) is 36.8. The Kier molecular flexibility index (Phi) is 35.2. The van der Waals surface area contributed by atoms with E-state index in [2.05, 4.69) is 38.2 Å². The van der Waals surface area contributed by atoms with E-state index in [1.165, 1.54) is 103 Å². The van der Waals surface area contributed by atoms with E-state index < -0.39 is 18.1 Å². The van der Waals surface area contributed by atoms with E-state index in [4.69, 9.17) is 14.2 Å². The molecule has 0 saturated heterocycles. The number of hydrogen-bond acceptors (Lipinski definition) is 7. The molecular weight excluding hydrogens is 666 g/mol. The van der Waals surface area contributed by atoms with Crippen molar-refractivity contribution in [1.82, 2.24) is 0 Å². The molecule has 0 bridgehead atoms. The summed E-state index contributed by atoms with van der Waals surface area (Å²) in [5, 5.41) is 11.6. The molecule has 0 aliphatic heterocycles. The summed E-state index contributed by atoms with van der Waals surface area (Å²) in [5.41, 5.74) is 0.